The van der Waals surface area contributed by atoms with Gasteiger partial charge in [-0.25, -0.2) is 4.39 Å². The van der Waals surface area contributed by atoms with Crippen LogP contribution in [0.25, 0.3) is 0 Å². The van der Waals surface area contributed by atoms with Crippen LogP contribution in [0, 0.1) is 5.82 Å². The van der Waals surface area contributed by atoms with Crippen molar-refractivity contribution in [1.29, 1.82) is 0 Å². The van der Waals surface area contributed by atoms with Gasteiger partial charge in [0.2, 0.25) is 5.91 Å². The summed E-state index contributed by atoms with van der Waals surface area (Å²) < 4.78 is 18.8. The van der Waals surface area contributed by atoms with Crippen molar-refractivity contribution in [1.82, 2.24) is 5.32 Å². The van der Waals surface area contributed by atoms with Crippen LogP contribution in [-0.2, 0) is 11.2 Å². The molecule has 1 atom stereocenters. The Morgan fingerprint density at radius 1 is 1.00 bits per heavy atom. The molecule has 4 nitrogen and oxygen atoms in total. The van der Waals surface area contributed by atoms with Crippen LogP contribution in [0.4, 0.5) is 10.1 Å². The molecule has 0 aromatic heterocycles. The van der Waals surface area contributed by atoms with Crippen LogP contribution < -0.4 is 15.0 Å². The third-order valence-corrected chi connectivity index (χ3v) is 5.59. The molecule has 1 heterocycles. The van der Waals surface area contributed by atoms with Gasteiger partial charge < -0.3 is 15.0 Å². The molecule has 1 unspecified atom stereocenters. The number of benzene rings is 3. The molecule has 4 rings (SSSR count). The zero-order chi connectivity index (χ0) is 21.5. The van der Waals surface area contributed by atoms with Crippen LogP contribution in [0.2, 0.25) is 0 Å². The summed E-state index contributed by atoms with van der Waals surface area (Å²) in [5.74, 6) is 1.02. The van der Waals surface area contributed by atoms with Crippen LogP contribution in [0.1, 0.15) is 24.8 Å². The third kappa shape index (κ3) is 5.85. The predicted octanol–water partition coefficient (Wildman–Crippen LogP) is 5.34. The van der Waals surface area contributed by atoms with Crippen molar-refractivity contribution >= 4 is 11.6 Å². The number of nitrogens with zero attached hydrogens (tertiary/aromatic N) is 1. The number of rotatable bonds is 8. The minimum Gasteiger partial charge on any atom is -0.457 e. The number of hydrogen-bond donors (Lipinski definition) is 1. The lowest BCUT2D eigenvalue weighted by molar-refractivity contribution is -0.121. The molecule has 3 aromatic rings. The van der Waals surface area contributed by atoms with E-state index in [1.165, 1.54) is 17.8 Å². The fourth-order valence-electron chi connectivity index (χ4n) is 3.99. The number of ether oxygens (including phenoxy) is 1. The largest absolute Gasteiger partial charge is 0.457 e. The Morgan fingerprint density at radius 3 is 2.61 bits per heavy atom. The van der Waals surface area contributed by atoms with Crippen molar-refractivity contribution < 1.29 is 13.9 Å². The van der Waals surface area contributed by atoms with Gasteiger partial charge in [-0.3, -0.25) is 4.79 Å². The molecule has 160 valence electrons. The van der Waals surface area contributed by atoms with Crippen LogP contribution in [-0.4, -0.2) is 25.0 Å². The summed E-state index contributed by atoms with van der Waals surface area (Å²) in [6.45, 7) is 1.70. The van der Waals surface area contributed by atoms with Gasteiger partial charge in [0.15, 0.2) is 0 Å². The number of aryl methyl sites for hydroxylation is 1. The lowest BCUT2D eigenvalue weighted by Gasteiger charge is -2.27. The topological polar surface area (TPSA) is 41.6 Å². The fraction of sp³-hybridized carbons (Fsp3) is 0.269. The molecule has 1 amide bonds. The van der Waals surface area contributed by atoms with Gasteiger partial charge in [0.25, 0.3) is 0 Å². The van der Waals surface area contributed by atoms with Gasteiger partial charge in [0.1, 0.15) is 17.3 Å². The molecule has 1 aliphatic rings. The highest BCUT2D eigenvalue weighted by molar-refractivity contribution is 5.76. The summed E-state index contributed by atoms with van der Waals surface area (Å²) in [6.07, 6.45) is 3.31. The maximum atomic E-state index is 13.0. The molecule has 1 saturated heterocycles. The maximum absolute atomic E-state index is 13.0. The predicted molar refractivity (Wildman–Crippen MR) is 121 cm³/mol. The van der Waals surface area contributed by atoms with Gasteiger partial charge in [0, 0.05) is 31.2 Å². The summed E-state index contributed by atoms with van der Waals surface area (Å²) >= 11 is 0. The summed E-state index contributed by atoms with van der Waals surface area (Å²) in [5.41, 5.74) is 2.25. The Bertz CT molecular complexity index is 992. The summed E-state index contributed by atoms with van der Waals surface area (Å²) in [4.78, 5) is 14.8. The summed E-state index contributed by atoms with van der Waals surface area (Å²) in [6, 6.07) is 24.3. The van der Waals surface area contributed by atoms with Crippen molar-refractivity contribution in [2.24, 2.45) is 0 Å². The third-order valence-electron chi connectivity index (χ3n) is 5.59. The van der Waals surface area contributed by atoms with E-state index < -0.39 is 0 Å². The van der Waals surface area contributed by atoms with Crippen LogP contribution in [0.15, 0.2) is 78.9 Å². The summed E-state index contributed by atoms with van der Waals surface area (Å²) in [5, 5.41) is 3.11. The SMILES string of the molecule is O=C(CCc1cccc(Oc2ccc(F)cc2)c1)NCC1CCCN1c1ccccc1. The average Bonchev–Trinajstić information content (AvgIpc) is 3.27. The Kier molecular flexibility index (Phi) is 6.82. The fourth-order valence-corrected chi connectivity index (χ4v) is 3.99. The highest BCUT2D eigenvalue weighted by atomic mass is 19.1. The number of para-hydroxylation sites is 1. The first-order valence-corrected chi connectivity index (χ1v) is 10.8. The standard InChI is InChI=1S/C26H27FN2O2/c27-21-12-14-24(15-13-21)31-25-10-4-6-20(18-25)11-16-26(30)28-19-23-9-5-17-29(23)22-7-2-1-3-8-22/h1-4,6-8,10,12-15,18,23H,5,9,11,16-17,19H2,(H,28,30). The summed E-state index contributed by atoms with van der Waals surface area (Å²) in [7, 11) is 0. The van der Waals surface area contributed by atoms with E-state index in [2.05, 4.69) is 34.5 Å². The second-order valence-electron chi connectivity index (χ2n) is 7.83. The molecular weight excluding hydrogens is 391 g/mol. The molecule has 1 aliphatic heterocycles. The first kappa shape index (κ1) is 20.9. The molecule has 0 radical (unpaired) electrons. The van der Waals surface area contributed by atoms with Gasteiger partial charge in [-0.1, -0.05) is 30.3 Å². The second kappa shape index (κ2) is 10.1. The molecule has 0 spiro atoms. The van der Waals surface area contributed by atoms with E-state index in [0.29, 0.717) is 36.9 Å². The lowest BCUT2D eigenvalue weighted by Crippen LogP contribution is -2.40. The minimum atomic E-state index is -0.295. The molecule has 0 saturated carbocycles. The highest BCUT2D eigenvalue weighted by Crippen LogP contribution is 2.25. The average molecular weight is 419 g/mol. The Hall–Kier alpha value is -3.34. The molecule has 0 aliphatic carbocycles. The quantitative estimate of drug-likeness (QED) is 0.537. The Balaban J connectivity index is 1.25. The van der Waals surface area contributed by atoms with E-state index in [4.69, 9.17) is 4.74 Å². The van der Waals surface area contributed by atoms with Gasteiger partial charge >= 0.3 is 0 Å². The number of nitrogens with one attached hydrogen (secondary N) is 1. The van der Waals surface area contributed by atoms with E-state index in [9.17, 15) is 9.18 Å². The van der Waals surface area contributed by atoms with E-state index in [1.807, 2.05) is 30.3 Å². The Morgan fingerprint density at radius 2 is 1.81 bits per heavy atom. The van der Waals surface area contributed by atoms with Gasteiger partial charge in [0.05, 0.1) is 0 Å². The van der Waals surface area contributed by atoms with E-state index in [-0.39, 0.29) is 11.7 Å². The van der Waals surface area contributed by atoms with Crippen molar-refractivity contribution in [3.63, 3.8) is 0 Å². The number of halogens is 1. The maximum Gasteiger partial charge on any atom is 0.220 e. The number of hydrogen-bond acceptors (Lipinski definition) is 3. The van der Waals surface area contributed by atoms with Crippen molar-refractivity contribution in [3.8, 4) is 11.5 Å². The highest BCUT2D eigenvalue weighted by Gasteiger charge is 2.24. The Labute approximate surface area is 182 Å². The van der Waals surface area contributed by atoms with E-state index in [0.717, 1.165) is 24.9 Å². The van der Waals surface area contributed by atoms with E-state index >= 15 is 0 Å². The second-order valence-corrected chi connectivity index (χ2v) is 7.83. The molecule has 5 heteroatoms. The normalized spacial score (nSPS) is 15.6. The monoisotopic (exact) mass is 418 g/mol. The minimum absolute atomic E-state index is 0.0600. The van der Waals surface area contributed by atoms with Crippen LogP contribution in [0.3, 0.4) is 0 Å². The molecule has 3 aromatic carbocycles. The first-order chi connectivity index (χ1) is 15.2. The molecule has 0 bridgehead atoms. The lowest BCUT2D eigenvalue weighted by atomic mass is 10.1. The molecule has 31 heavy (non-hydrogen) atoms. The van der Waals surface area contributed by atoms with Crippen molar-refractivity contribution in [2.45, 2.75) is 31.7 Å². The zero-order valence-electron chi connectivity index (χ0n) is 17.5. The number of carbonyl (C=O) groups is 1. The smallest absolute Gasteiger partial charge is 0.220 e. The van der Waals surface area contributed by atoms with E-state index in [1.54, 1.807) is 12.1 Å². The van der Waals surface area contributed by atoms with Crippen molar-refractivity contribution in [3.05, 3.63) is 90.2 Å². The molecular formula is C26H27FN2O2. The zero-order valence-corrected chi connectivity index (χ0v) is 17.5. The van der Waals surface area contributed by atoms with Crippen LogP contribution in [0.5, 0.6) is 11.5 Å². The molecule has 1 fully saturated rings. The molecule has 1 N–H and O–H groups in total. The number of anilines is 1. The van der Waals surface area contributed by atoms with Gasteiger partial charge in [-0.15, -0.1) is 0 Å². The first-order valence-electron chi connectivity index (χ1n) is 10.8. The number of carbonyl (C=O) groups excluding carboxylic acids is 1. The van der Waals surface area contributed by atoms with Gasteiger partial charge in [-0.2, -0.15) is 0 Å². The van der Waals surface area contributed by atoms with Crippen molar-refractivity contribution in [2.75, 3.05) is 18.0 Å². The van der Waals surface area contributed by atoms with Gasteiger partial charge in [-0.05, 0) is 73.4 Å². The van der Waals surface area contributed by atoms with Crippen LogP contribution >= 0.6 is 0 Å². The number of amides is 1.